The van der Waals surface area contributed by atoms with Crippen LogP contribution in [-0.4, -0.2) is 17.9 Å². The van der Waals surface area contributed by atoms with Crippen LogP contribution in [0, 0.1) is 5.53 Å². The van der Waals surface area contributed by atoms with Gasteiger partial charge in [-0.15, -0.1) is 5.11 Å². The van der Waals surface area contributed by atoms with Crippen molar-refractivity contribution in [3.05, 3.63) is 101 Å². The first-order valence-electron chi connectivity index (χ1n) is 12.5. The Labute approximate surface area is 228 Å². The Kier molecular flexibility index (Phi) is 8.73. The monoisotopic (exact) mass is 548 g/mol. The molecular weight excluding hydrogens is 521 g/mol. The zero-order valence-electron chi connectivity index (χ0n) is 21.4. The molecule has 0 saturated heterocycles. The molecule has 0 aromatic heterocycles. The Morgan fingerprint density at radius 3 is 2.35 bits per heavy atom. The molecule has 8 nitrogen and oxygen atoms in total. The second kappa shape index (κ2) is 12.4. The van der Waals surface area contributed by atoms with Gasteiger partial charge in [-0.05, 0) is 84.8 Å². The van der Waals surface area contributed by atoms with Gasteiger partial charge in [-0.3, -0.25) is 9.69 Å². The van der Waals surface area contributed by atoms with Gasteiger partial charge in [0.2, 0.25) is 5.96 Å². The lowest BCUT2D eigenvalue weighted by molar-refractivity contribution is -0.137. The number of hydrogen-bond donors (Lipinski definition) is 3. The fraction of sp³-hybridized carbons (Fsp3) is 0.207. The Morgan fingerprint density at radius 1 is 1.00 bits per heavy atom. The van der Waals surface area contributed by atoms with Gasteiger partial charge >= 0.3 is 12.2 Å². The van der Waals surface area contributed by atoms with Crippen LogP contribution in [-0.2, 0) is 12.7 Å². The number of allylic oxidation sites excluding steroid dienone is 2. The Hall–Kier alpha value is -4.80. The maximum absolute atomic E-state index is 13.4. The molecule has 3 aromatic carbocycles. The molecule has 0 atom stereocenters. The van der Waals surface area contributed by atoms with Crippen LogP contribution in [0.5, 0.6) is 0 Å². The molecule has 1 aliphatic carbocycles. The van der Waals surface area contributed by atoms with E-state index in [1.54, 1.807) is 24.3 Å². The summed E-state index contributed by atoms with van der Waals surface area (Å²) in [4.78, 5) is 30.5. The van der Waals surface area contributed by atoms with E-state index in [-0.39, 0.29) is 17.8 Å². The number of benzene rings is 3. The number of carbonyl (C=O) groups excluding carboxylic acids is 2. The number of nitrogens with one attached hydrogen (secondary N) is 2. The number of rotatable bonds is 6. The lowest BCUT2D eigenvalue weighted by Gasteiger charge is -2.24. The number of urea groups is 1. The normalized spacial score (nSPS) is 13.8. The van der Waals surface area contributed by atoms with E-state index in [1.165, 1.54) is 34.7 Å². The highest BCUT2D eigenvalue weighted by Crippen LogP contribution is 2.32. The molecule has 0 bridgehead atoms. The molecule has 0 unspecified atom stereocenters. The maximum atomic E-state index is 13.4. The first-order chi connectivity index (χ1) is 19.1. The molecule has 0 aliphatic heterocycles. The minimum Gasteiger partial charge on any atom is -0.366 e. The largest absolute Gasteiger partial charge is 0.416 e. The quantitative estimate of drug-likeness (QED) is 0.169. The van der Waals surface area contributed by atoms with Crippen molar-refractivity contribution in [1.82, 2.24) is 0 Å². The minimum absolute atomic E-state index is 0.00464. The van der Waals surface area contributed by atoms with Gasteiger partial charge in [0, 0.05) is 16.9 Å². The second-order valence-corrected chi connectivity index (χ2v) is 9.20. The predicted molar refractivity (Wildman–Crippen MR) is 147 cm³/mol. The Morgan fingerprint density at radius 2 is 1.73 bits per heavy atom. The fourth-order valence-electron chi connectivity index (χ4n) is 4.33. The summed E-state index contributed by atoms with van der Waals surface area (Å²) in [5, 5.41) is 5.46. The highest BCUT2D eigenvalue weighted by atomic mass is 19.4. The third-order valence-corrected chi connectivity index (χ3v) is 6.40. The number of aliphatic imine (C=N–C) groups is 1. The van der Waals surface area contributed by atoms with Crippen LogP contribution in [0.15, 0.2) is 89.0 Å². The number of carbonyl (C=O) groups is 2. The molecule has 40 heavy (non-hydrogen) atoms. The van der Waals surface area contributed by atoms with E-state index in [1.807, 2.05) is 12.1 Å². The third kappa shape index (κ3) is 7.19. The number of anilines is 2. The fourth-order valence-corrected chi connectivity index (χ4v) is 4.33. The standard InChI is InChI=1S/C29H27F3N6O2/c30-29(31,32)23-7-4-8-24(17-23)35-28(40)38(25-15-13-21(14-16-25)20-5-2-1-3-6-20)18-19-9-11-22(12-10-19)26(39)36-27(33)37-34/h4-5,7-17,34H,1-3,6,18H2,(H,35,40)(H2,33,36,39). The highest BCUT2D eigenvalue weighted by molar-refractivity contribution is 6.03. The Balaban J connectivity index is 1.60. The molecule has 11 heteroatoms. The molecule has 3 aromatic rings. The summed E-state index contributed by atoms with van der Waals surface area (Å²) >= 11 is 0. The van der Waals surface area contributed by atoms with Gasteiger partial charge in [-0.25, -0.2) is 10.3 Å². The van der Waals surface area contributed by atoms with E-state index in [4.69, 9.17) is 11.3 Å². The van der Waals surface area contributed by atoms with Crippen LogP contribution in [0.3, 0.4) is 0 Å². The number of alkyl halides is 3. The number of amides is 3. The average Bonchev–Trinajstić information content (AvgIpc) is 2.96. The summed E-state index contributed by atoms with van der Waals surface area (Å²) in [6.07, 6.45) is 1.96. The predicted octanol–water partition coefficient (Wildman–Crippen LogP) is 7.39. The van der Waals surface area contributed by atoms with Crippen molar-refractivity contribution in [1.29, 1.82) is 5.53 Å². The summed E-state index contributed by atoms with van der Waals surface area (Å²) in [7, 11) is 0. The van der Waals surface area contributed by atoms with Crippen molar-refractivity contribution in [2.75, 3.05) is 10.2 Å². The average molecular weight is 549 g/mol. The number of nitrogens with zero attached hydrogens (tertiary/aromatic N) is 3. The summed E-state index contributed by atoms with van der Waals surface area (Å²) < 4.78 is 39.6. The molecule has 0 fully saturated rings. The van der Waals surface area contributed by atoms with Crippen LogP contribution in [0.25, 0.3) is 5.57 Å². The van der Waals surface area contributed by atoms with Gasteiger partial charge in [0.1, 0.15) is 0 Å². The molecule has 0 radical (unpaired) electrons. The summed E-state index contributed by atoms with van der Waals surface area (Å²) in [6, 6.07) is 17.5. The van der Waals surface area contributed by atoms with Gasteiger partial charge in [0.15, 0.2) is 0 Å². The summed E-state index contributed by atoms with van der Waals surface area (Å²) in [5.41, 5.74) is 15.0. The van der Waals surface area contributed by atoms with E-state index >= 15 is 0 Å². The number of guanidine groups is 1. The van der Waals surface area contributed by atoms with Crippen LogP contribution in [0.2, 0.25) is 0 Å². The van der Waals surface area contributed by atoms with E-state index in [2.05, 4.69) is 21.5 Å². The molecule has 4 rings (SSSR count). The van der Waals surface area contributed by atoms with Crippen LogP contribution in [0.4, 0.5) is 29.3 Å². The lowest BCUT2D eigenvalue weighted by atomic mass is 9.93. The van der Waals surface area contributed by atoms with E-state index < -0.39 is 29.6 Å². The molecule has 1 aliphatic rings. The molecule has 206 valence electrons. The van der Waals surface area contributed by atoms with Crippen LogP contribution >= 0.6 is 0 Å². The van der Waals surface area contributed by atoms with Gasteiger partial charge in [-0.1, -0.05) is 36.4 Å². The maximum Gasteiger partial charge on any atom is 0.416 e. The van der Waals surface area contributed by atoms with Crippen molar-refractivity contribution < 1.29 is 22.8 Å². The third-order valence-electron chi connectivity index (χ3n) is 6.40. The molecule has 0 saturated carbocycles. The van der Waals surface area contributed by atoms with E-state index in [9.17, 15) is 22.8 Å². The highest BCUT2D eigenvalue weighted by Gasteiger charge is 2.30. The van der Waals surface area contributed by atoms with Crippen molar-refractivity contribution >= 4 is 34.8 Å². The molecule has 4 N–H and O–H groups in total. The minimum atomic E-state index is -4.55. The van der Waals surface area contributed by atoms with E-state index in [0.717, 1.165) is 43.4 Å². The SMILES string of the molecule is N=NC(N)=NC(=O)c1ccc(CN(C(=O)Nc2cccc(C(F)(F)F)c2)c2ccc(C3=CCCCC3)cc2)cc1. The van der Waals surface area contributed by atoms with Crippen LogP contribution in [0.1, 0.15) is 52.7 Å². The molecule has 0 heterocycles. The first-order valence-corrected chi connectivity index (χ1v) is 12.5. The number of hydrogen-bond acceptors (Lipinski definition) is 3. The Bertz CT molecular complexity index is 1450. The zero-order chi connectivity index (χ0) is 28.7. The van der Waals surface area contributed by atoms with Gasteiger partial charge in [0.05, 0.1) is 12.1 Å². The molecule has 0 spiro atoms. The zero-order valence-corrected chi connectivity index (χ0v) is 21.4. The number of halogens is 3. The lowest BCUT2D eigenvalue weighted by Crippen LogP contribution is -2.34. The second-order valence-electron chi connectivity index (χ2n) is 9.20. The summed E-state index contributed by atoms with van der Waals surface area (Å²) in [6.45, 7) is 0.0643. The topological polar surface area (TPSA) is 124 Å². The van der Waals surface area contributed by atoms with Gasteiger partial charge in [-0.2, -0.15) is 18.2 Å². The molecule has 3 amide bonds. The van der Waals surface area contributed by atoms with Gasteiger partial charge < -0.3 is 11.1 Å². The molecular formula is C29H27F3N6O2. The van der Waals surface area contributed by atoms with Crippen molar-refractivity contribution in [2.24, 2.45) is 15.8 Å². The summed E-state index contributed by atoms with van der Waals surface area (Å²) in [5.74, 6) is -1.15. The first kappa shape index (κ1) is 28.2. The van der Waals surface area contributed by atoms with Crippen molar-refractivity contribution in [3.63, 3.8) is 0 Å². The van der Waals surface area contributed by atoms with Crippen molar-refractivity contribution in [3.8, 4) is 0 Å². The number of nitrogens with two attached hydrogens (primary N) is 1. The smallest absolute Gasteiger partial charge is 0.366 e. The van der Waals surface area contributed by atoms with Gasteiger partial charge in [0.25, 0.3) is 5.91 Å². The van der Waals surface area contributed by atoms with Crippen LogP contribution < -0.4 is 16.0 Å². The van der Waals surface area contributed by atoms with E-state index in [0.29, 0.717) is 11.3 Å². The van der Waals surface area contributed by atoms with Crippen molar-refractivity contribution in [2.45, 2.75) is 38.4 Å².